The fourth-order valence-electron chi connectivity index (χ4n) is 6.66. The van der Waals surface area contributed by atoms with Crippen molar-refractivity contribution in [3.8, 4) is 17.2 Å². The van der Waals surface area contributed by atoms with Crippen LogP contribution >= 0.6 is 0 Å². The van der Waals surface area contributed by atoms with E-state index in [1.165, 1.54) is 6.07 Å². The number of likely N-dealkylation sites (tertiary alicyclic amines) is 1. The maximum atomic E-state index is 10.8. The van der Waals surface area contributed by atoms with E-state index in [1.807, 2.05) is 0 Å². The number of phenolic OH excluding ortho intramolecular Hbond substituents is 1. The van der Waals surface area contributed by atoms with Crippen LogP contribution in [0.4, 0.5) is 0 Å². The topological polar surface area (TPSA) is 190 Å². The molecule has 3 aliphatic heterocycles. The molecule has 12 heteroatoms. The molecule has 2 saturated heterocycles. The fourth-order valence-corrected chi connectivity index (χ4v) is 6.66. The Kier molecular flexibility index (Phi) is 6.64. The van der Waals surface area contributed by atoms with Crippen LogP contribution in [-0.2, 0) is 21.4 Å². The summed E-state index contributed by atoms with van der Waals surface area (Å²) in [6.45, 7) is 1.71. The first-order valence-corrected chi connectivity index (χ1v) is 12.3. The minimum Gasteiger partial charge on any atom is -0.504 e. The van der Waals surface area contributed by atoms with Gasteiger partial charge >= 0.3 is 0 Å². The van der Waals surface area contributed by atoms with Crippen LogP contribution in [0.25, 0.3) is 0 Å². The van der Waals surface area contributed by atoms with Crippen LogP contribution in [0.3, 0.4) is 0 Å². The van der Waals surface area contributed by atoms with Crippen molar-refractivity contribution < 1.29 is 54.8 Å². The minimum absolute atomic E-state index is 0.0866. The van der Waals surface area contributed by atoms with E-state index in [2.05, 4.69) is 18.0 Å². The minimum atomic E-state index is -1.65. The molecular weight excluding hydrogens is 490 g/mol. The molecule has 2 bridgehead atoms. The van der Waals surface area contributed by atoms with Gasteiger partial charge in [-0.25, -0.2) is 0 Å². The molecule has 2 aliphatic carbocycles. The molecule has 1 aromatic rings. The van der Waals surface area contributed by atoms with Crippen LogP contribution in [-0.4, -0.2) is 116 Å². The third-order valence-corrected chi connectivity index (χ3v) is 8.33. The van der Waals surface area contributed by atoms with E-state index in [1.54, 1.807) is 6.08 Å². The Bertz CT molecular complexity index is 1090. The summed E-state index contributed by atoms with van der Waals surface area (Å²) < 4.78 is 17.4. The Morgan fingerprint density at radius 3 is 2.57 bits per heavy atom. The van der Waals surface area contributed by atoms with E-state index < -0.39 is 54.3 Å². The molecule has 0 saturated carbocycles. The Labute approximate surface area is 212 Å². The van der Waals surface area contributed by atoms with Crippen LogP contribution in [0.1, 0.15) is 24.5 Å². The average molecular weight is 524 g/mol. The summed E-state index contributed by atoms with van der Waals surface area (Å²) in [7, 11) is 2.08. The molecule has 0 aromatic heterocycles. The number of carboxylic acids is 1. The number of aliphatic carboxylic acids is 1. The molecule has 37 heavy (non-hydrogen) atoms. The van der Waals surface area contributed by atoms with E-state index >= 15 is 0 Å². The number of aliphatic hydroxyl groups excluding tert-OH is 5. The molecule has 0 unspecified atom stereocenters. The summed E-state index contributed by atoms with van der Waals surface area (Å²) >= 11 is 0. The van der Waals surface area contributed by atoms with Gasteiger partial charge in [0.15, 0.2) is 17.8 Å². The molecule has 12 nitrogen and oxygen atoms in total. The van der Waals surface area contributed by atoms with E-state index in [4.69, 9.17) is 24.1 Å². The second-order valence-corrected chi connectivity index (χ2v) is 10.4. The predicted octanol–water partition coefficient (Wildman–Crippen LogP) is -1.53. The molecule has 1 aromatic carbocycles. The van der Waals surface area contributed by atoms with E-state index in [-0.39, 0.29) is 24.3 Å². The van der Waals surface area contributed by atoms with Gasteiger partial charge < -0.3 is 54.9 Å². The highest BCUT2D eigenvalue weighted by Gasteiger charge is 2.64. The van der Waals surface area contributed by atoms with Crippen LogP contribution in [0.5, 0.6) is 17.2 Å². The maximum absolute atomic E-state index is 10.8. The Morgan fingerprint density at radius 1 is 1.16 bits per heavy atom. The van der Waals surface area contributed by atoms with E-state index in [9.17, 15) is 30.6 Å². The maximum Gasteiger partial charge on any atom is 0.300 e. The van der Waals surface area contributed by atoms with Gasteiger partial charge in [-0.05, 0) is 26.4 Å². The van der Waals surface area contributed by atoms with Crippen molar-refractivity contribution in [1.82, 2.24) is 4.90 Å². The lowest BCUT2D eigenvalue weighted by Gasteiger charge is -2.56. The van der Waals surface area contributed by atoms with Gasteiger partial charge in [-0.2, -0.15) is 0 Å². The number of nitrogens with zero attached hydrogens (tertiary/aromatic N) is 1. The zero-order valence-corrected chi connectivity index (χ0v) is 20.5. The molecule has 7 N–H and O–H groups in total. The fraction of sp³-hybridized carbons (Fsp3) is 0.640. The summed E-state index contributed by atoms with van der Waals surface area (Å²) in [5.41, 5.74) is 1.29. The molecule has 2 fully saturated rings. The van der Waals surface area contributed by atoms with Crippen LogP contribution in [0.15, 0.2) is 18.2 Å². The first-order valence-electron chi connectivity index (χ1n) is 12.3. The largest absolute Gasteiger partial charge is 0.504 e. The Balaban J connectivity index is 0.000000655. The van der Waals surface area contributed by atoms with Crippen molar-refractivity contribution in [3.63, 3.8) is 0 Å². The molecule has 3 heterocycles. The molecule has 0 radical (unpaired) electrons. The third kappa shape index (κ3) is 3.98. The monoisotopic (exact) mass is 523 g/mol. The van der Waals surface area contributed by atoms with Gasteiger partial charge in [0, 0.05) is 41.5 Å². The smallest absolute Gasteiger partial charge is 0.300 e. The van der Waals surface area contributed by atoms with Crippen molar-refractivity contribution >= 4 is 5.97 Å². The third-order valence-electron chi connectivity index (χ3n) is 8.33. The summed E-state index contributed by atoms with van der Waals surface area (Å²) in [4.78, 5) is 11.3. The van der Waals surface area contributed by atoms with Gasteiger partial charge in [0.25, 0.3) is 5.97 Å². The summed E-state index contributed by atoms with van der Waals surface area (Å²) in [5, 5.41) is 68.7. The highest BCUT2D eigenvalue weighted by atomic mass is 16.6. The Hall–Kier alpha value is -2.45. The number of likely N-dealkylation sites (N-methyl/N-ethyl adjacent to an activating group) is 1. The molecule has 10 atom stereocenters. The van der Waals surface area contributed by atoms with Crippen molar-refractivity contribution in [2.24, 2.45) is 5.92 Å². The molecule has 0 amide bonds. The zero-order valence-electron chi connectivity index (χ0n) is 20.5. The normalized spacial score (nSPS) is 41.2. The standard InChI is InChI=1S/C23H29NO9.C2H4O2/c1-24-5-4-23-10-2-3-12(25)21(23)33-20-13(26)7-14(9(16(20)23)6-11(10)24)31-8-15-17(27)18(28)19(29)22(30)32-15;1-2(3)4/h2-3,7,10-12,15,17-19,21-22,25-30H,4-6,8H2,1H3;1H3,(H,3,4)/t10-,11+,12-,15+,17+,18-,19-,21-,22-,23-;/m0./s1. The molecular formula is C25H33NO11. The van der Waals surface area contributed by atoms with Crippen molar-refractivity contribution in [3.05, 3.63) is 29.3 Å². The molecule has 1 spiro atoms. The number of phenols is 1. The number of aromatic hydroxyl groups is 1. The highest BCUT2D eigenvalue weighted by Crippen LogP contribution is 2.63. The van der Waals surface area contributed by atoms with Gasteiger partial charge in [0.05, 0.1) is 0 Å². The van der Waals surface area contributed by atoms with Crippen molar-refractivity contribution in [2.75, 3.05) is 20.2 Å². The van der Waals surface area contributed by atoms with Crippen LogP contribution < -0.4 is 9.47 Å². The second-order valence-electron chi connectivity index (χ2n) is 10.4. The summed E-state index contributed by atoms with van der Waals surface area (Å²) in [6.07, 6.45) is -3.38. The molecule has 204 valence electrons. The molecule has 5 aliphatic rings. The summed E-state index contributed by atoms with van der Waals surface area (Å²) in [6, 6.07) is 1.63. The van der Waals surface area contributed by atoms with Gasteiger partial charge in [-0.3, -0.25) is 4.79 Å². The van der Waals surface area contributed by atoms with Gasteiger partial charge in [0.2, 0.25) is 0 Å². The SMILES string of the molecule is CC(=O)O.CN1CC[C@]23c4c5c(OC[C@H]6O[C@H](O)[C@@H](O)[C@@H](O)[C@@H]6O)cc(O)c4O[C@H]2[C@@H](O)C=C[C@H]3[C@H]1C5. The van der Waals surface area contributed by atoms with Gasteiger partial charge in [0.1, 0.15) is 49.0 Å². The lowest BCUT2D eigenvalue weighted by molar-refractivity contribution is -0.285. The quantitative estimate of drug-likeness (QED) is 0.227. The number of carbonyl (C=O) groups is 1. The number of aliphatic hydroxyl groups is 5. The van der Waals surface area contributed by atoms with Gasteiger partial charge in [-0.15, -0.1) is 0 Å². The number of rotatable bonds is 3. The highest BCUT2D eigenvalue weighted by molar-refractivity contribution is 5.66. The number of carboxylic acid groups (broad SMARTS) is 1. The zero-order chi connectivity index (χ0) is 26.8. The van der Waals surface area contributed by atoms with E-state index in [0.29, 0.717) is 17.9 Å². The van der Waals surface area contributed by atoms with Crippen molar-refractivity contribution in [1.29, 1.82) is 0 Å². The van der Waals surface area contributed by atoms with Crippen LogP contribution in [0.2, 0.25) is 0 Å². The molecule has 6 rings (SSSR count). The number of benzene rings is 1. The first-order chi connectivity index (χ1) is 17.5. The van der Waals surface area contributed by atoms with Crippen molar-refractivity contribution in [2.45, 2.75) is 74.1 Å². The van der Waals surface area contributed by atoms with Crippen LogP contribution in [0, 0.1) is 5.92 Å². The summed E-state index contributed by atoms with van der Waals surface area (Å²) in [5.74, 6) is 0.00405. The lowest BCUT2D eigenvalue weighted by atomic mass is 9.53. The average Bonchev–Trinajstić information content (AvgIpc) is 3.19. The second kappa shape index (κ2) is 9.38. The number of hydrogen-bond donors (Lipinski definition) is 7. The van der Waals surface area contributed by atoms with Gasteiger partial charge in [-0.1, -0.05) is 12.2 Å². The number of piperidine rings is 1. The first kappa shape index (κ1) is 26.2. The lowest BCUT2D eigenvalue weighted by Crippen LogP contribution is -2.64. The van der Waals surface area contributed by atoms with E-state index in [0.717, 1.165) is 31.0 Å². The predicted molar refractivity (Wildman–Crippen MR) is 125 cm³/mol. The Morgan fingerprint density at radius 2 is 1.86 bits per heavy atom. The number of ether oxygens (including phenoxy) is 3. The number of hydrogen-bond acceptors (Lipinski definition) is 11.